The molecular formula is C14H21NO3. The van der Waals surface area contributed by atoms with E-state index in [9.17, 15) is 15.0 Å². The molecule has 0 fully saturated rings. The lowest BCUT2D eigenvalue weighted by Crippen LogP contribution is -2.33. The Labute approximate surface area is 108 Å². The highest BCUT2D eigenvalue weighted by molar-refractivity contribution is 5.95. The number of nitrogens with one attached hydrogen (secondary N) is 1. The van der Waals surface area contributed by atoms with Crippen LogP contribution in [-0.2, 0) is 0 Å². The summed E-state index contributed by atoms with van der Waals surface area (Å²) in [6.45, 7) is 6.06. The largest absolute Gasteiger partial charge is 0.508 e. The van der Waals surface area contributed by atoms with Gasteiger partial charge in [0.05, 0.1) is 6.10 Å². The van der Waals surface area contributed by atoms with Gasteiger partial charge in [0.1, 0.15) is 5.75 Å². The molecule has 100 valence electrons. The summed E-state index contributed by atoms with van der Waals surface area (Å²) in [5, 5.41) is 21.6. The summed E-state index contributed by atoms with van der Waals surface area (Å²) in [5.74, 6) is 0.312. The highest BCUT2D eigenvalue weighted by Crippen LogP contribution is 2.15. The first-order valence-electron chi connectivity index (χ1n) is 6.16. The van der Waals surface area contributed by atoms with Gasteiger partial charge in [0, 0.05) is 12.1 Å². The number of phenols is 1. The molecule has 0 aliphatic carbocycles. The van der Waals surface area contributed by atoms with Gasteiger partial charge in [-0.2, -0.15) is 0 Å². The fraction of sp³-hybridized carbons (Fsp3) is 0.500. The Hall–Kier alpha value is -1.55. The van der Waals surface area contributed by atoms with Crippen molar-refractivity contribution < 1.29 is 15.0 Å². The van der Waals surface area contributed by atoms with Crippen LogP contribution in [0, 0.1) is 12.8 Å². The predicted octanol–water partition coefficient (Wildman–Crippen LogP) is 1.84. The predicted molar refractivity (Wildman–Crippen MR) is 70.6 cm³/mol. The van der Waals surface area contributed by atoms with Gasteiger partial charge in [-0.1, -0.05) is 13.8 Å². The first-order chi connectivity index (χ1) is 8.40. The third-order valence-electron chi connectivity index (χ3n) is 2.70. The van der Waals surface area contributed by atoms with E-state index >= 15 is 0 Å². The van der Waals surface area contributed by atoms with Gasteiger partial charge in [-0.25, -0.2) is 0 Å². The number of aliphatic hydroxyl groups excluding tert-OH is 1. The van der Waals surface area contributed by atoms with Crippen molar-refractivity contribution in [1.29, 1.82) is 0 Å². The number of carbonyl (C=O) groups is 1. The molecule has 0 aliphatic rings. The Morgan fingerprint density at radius 2 is 2.06 bits per heavy atom. The van der Waals surface area contributed by atoms with E-state index in [1.807, 2.05) is 13.8 Å². The zero-order valence-corrected chi connectivity index (χ0v) is 11.1. The van der Waals surface area contributed by atoms with Crippen molar-refractivity contribution >= 4 is 5.91 Å². The maximum Gasteiger partial charge on any atom is 0.251 e. The Kier molecular flexibility index (Phi) is 5.16. The highest BCUT2D eigenvalue weighted by atomic mass is 16.3. The second-order valence-electron chi connectivity index (χ2n) is 4.99. The minimum atomic E-state index is -0.522. The summed E-state index contributed by atoms with van der Waals surface area (Å²) in [6, 6.07) is 4.60. The molecule has 1 amide bonds. The molecule has 1 aromatic rings. The number of aromatic hydroxyl groups is 1. The number of carbonyl (C=O) groups excluding carboxylic acids is 1. The van der Waals surface area contributed by atoms with E-state index in [2.05, 4.69) is 5.32 Å². The average Bonchev–Trinajstić information content (AvgIpc) is 2.25. The monoisotopic (exact) mass is 251 g/mol. The van der Waals surface area contributed by atoms with Crippen LogP contribution in [0.15, 0.2) is 18.2 Å². The van der Waals surface area contributed by atoms with Crippen LogP contribution in [0.25, 0.3) is 0 Å². The molecule has 1 rings (SSSR count). The van der Waals surface area contributed by atoms with Crippen molar-refractivity contribution in [2.75, 3.05) is 6.54 Å². The van der Waals surface area contributed by atoms with Crippen LogP contribution in [0.5, 0.6) is 5.75 Å². The van der Waals surface area contributed by atoms with Crippen LogP contribution in [0.3, 0.4) is 0 Å². The topological polar surface area (TPSA) is 69.6 Å². The number of phenolic OH excluding ortho intramolecular Hbond substituents is 1. The van der Waals surface area contributed by atoms with E-state index in [0.29, 0.717) is 23.5 Å². The van der Waals surface area contributed by atoms with Crippen molar-refractivity contribution in [2.45, 2.75) is 33.3 Å². The molecule has 1 atom stereocenters. The fourth-order valence-electron chi connectivity index (χ4n) is 1.84. The molecular weight excluding hydrogens is 230 g/mol. The lowest BCUT2D eigenvalue weighted by atomic mass is 10.1. The molecule has 0 saturated carbocycles. The van der Waals surface area contributed by atoms with Gasteiger partial charge in [0.15, 0.2) is 0 Å². The summed E-state index contributed by atoms with van der Waals surface area (Å²) >= 11 is 0. The molecule has 4 heteroatoms. The van der Waals surface area contributed by atoms with Gasteiger partial charge in [-0.05, 0) is 43.0 Å². The first-order valence-corrected chi connectivity index (χ1v) is 6.16. The van der Waals surface area contributed by atoms with E-state index in [1.165, 1.54) is 6.07 Å². The number of aliphatic hydroxyl groups is 1. The Morgan fingerprint density at radius 1 is 1.39 bits per heavy atom. The second kappa shape index (κ2) is 6.40. The summed E-state index contributed by atoms with van der Waals surface area (Å²) in [5.41, 5.74) is 1.23. The summed E-state index contributed by atoms with van der Waals surface area (Å²) in [7, 11) is 0. The molecule has 3 N–H and O–H groups in total. The molecule has 0 spiro atoms. The van der Waals surface area contributed by atoms with E-state index in [4.69, 9.17) is 0 Å². The standard InChI is InChI=1S/C14H21NO3/c1-9(2)6-12(17)8-15-14(18)13-5-4-11(16)7-10(13)3/h4-5,7,9,12,16-17H,6,8H2,1-3H3,(H,15,18). The Balaban J connectivity index is 2.55. The van der Waals surface area contributed by atoms with Crippen LogP contribution >= 0.6 is 0 Å². The molecule has 0 bridgehead atoms. The van der Waals surface area contributed by atoms with Gasteiger partial charge in [-0.15, -0.1) is 0 Å². The van der Waals surface area contributed by atoms with Crippen LogP contribution in [-0.4, -0.2) is 28.8 Å². The lowest BCUT2D eigenvalue weighted by Gasteiger charge is -2.14. The number of rotatable bonds is 5. The minimum Gasteiger partial charge on any atom is -0.508 e. The van der Waals surface area contributed by atoms with Crippen molar-refractivity contribution in [3.8, 4) is 5.75 Å². The zero-order chi connectivity index (χ0) is 13.7. The molecule has 0 aromatic heterocycles. The van der Waals surface area contributed by atoms with Gasteiger partial charge in [-0.3, -0.25) is 4.79 Å². The third-order valence-corrected chi connectivity index (χ3v) is 2.70. The average molecular weight is 251 g/mol. The maximum atomic E-state index is 11.9. The zero-order valence-electron chi connectivity index (χ0n) is 11.1. The van der Waals surface area contributed by atoms with E-state index in [0.717, 1.165) is 0 Å². The number of benzene rings is 1. The van der Waals surface area contributed by atoms with Gasteiger partial charge in [0.2, 0.25) is 0 Å². The third kappa shape index (κ3) is 4.37. The minimum absolute atomic E-state index is 0.142. The van der Waals surface area contributed by atoms with Crippen molar-refractivity contribution in [1.82, 2.24) is 5.32 Å². The second-order valence-corrected chi connectivity index (χ2v) is 4.99. The van der Waals surface area contributed by atoms with Gasteiger partial charge in [0.25, 0.3) is 5.91 Å². The maximum absolute atomic E-state index is 11.9. The van der Waals surface area contributed by atoms with E-state index in [1.54, 1.807) is 19.1 Å². The summed E-state index contributed by atoms with van der Waals surface area (Å²) in [6.07, 6.45) is 0.140. The summed E-state index contributed by atoms with van der Waals surface area (Å²) < 4.78 is 0. The Bertz CT molecular complexity index is 416. The smallest absolute Gasteiger partial charge is 0.251 e. The fourth-order valence-corrected chi connectivity index (χ4v) is 1.84. The molecule has 0 aliphatic heterocycles. The molecule has 4 nitrogen and oxygen atoms in total. The van der Waals surface area contributed by atoms with Crippen molar-refractivity contribution in [2.24, 2.45) is 5.92 Å². The van der Waals surface area contributed by atoms with Crippen LogP contribution in [0.2, 0.25) is 0 Å². The molecule has 18 heavy (non-hydrogen) atoms. The highest BCUT2D eigenvalue weighted by Gasteiger charge is 2.12. The number of hydrogen-bond acceptors (Lipinski definition) is 3. The van der Waals surface area contributed by atoms with Crippen LogP contribution < -0.4 is 5.32 Å². The normalized spacial score (nSPS) is 12.5. The molecule has 0 heterocycles. The number of amides is 1. The first kappa shape index (κ1) is 14.5. The molecule has 0 saturated heterocycles. The number of aryl methyl sites for hydroxylation is 1. The Morgan fingerprint density at radius 3 is 2.61 bits per heavy atom. The summed E-state index contributed by atoms with van der Waals surface area (Å²) in [4.78, 5) is 11.9. The van der Waals surface area contributed by atoms with Gasteiger partial charge < -0.3 is 15.5 Å². The lowest BCUT2D eigenvalue weighted by molar-refractivity contribution is 0.0899. The quantitative estimate of drug-likeness (QED) is 0.748. The number of hydrogen-bond donors (Lipinski definition) is 3. The molecule has 0 radical (unpaired) electrons. The molecule has 1 unspecified atom stereocenters. The van der Waals surface area contributed by atoms with Crippen LogP contribution in [0.1, 0.15) is 36.2 Å². The van der Waals surface area contributed by atoms with Crippen LogP contribution in [0.4, 0.5) is 0 Å². The van der Waals surface area contributed by atoms with E-state index < -0.39 is 6.10 Å². The van der Waals surface area contributed by atoms with Gasteiger partial charge >= 0.3 is 0 Å². The van der Waals surface area contributed by atoms with E-state index in [-0.39, 0.29) is 18.2 Å². The SMILES string of the molecule is Cc1cc(O)ccc1C(=O)NCC(O)CC(C)C. The van der Waals surface area contributed by atoms with Crippen molar-refractivity contribution in [3.63, 3.8) is 0 Å². The molecule has 1 aromatic carbocycles. The van der Waals surface area contributed by atoms with Crippen molar-refractivity contribution in [3.05, 3.63) is 29.3 Å².